The van der Waals surface area contributed by atoms with E-state index in [1.807, 2.05) is 0 Å². The third kappa shape index (κ3) is 2.10. The molecule has 0 aliphatic carbocycles. The van der Waals surface area contributed by atoms with Gasteiger partial charge in [-0.3, -0.25) is 4.79 Å². The van der Waals surface area contributed by atoms with Crippen LogP contribution in [0.1, 0.15) is 15.9 Å². The molecule has 0 saturated carbocycles. The summed E-state index contributed by atoms with van der Waals surface area (Å²) < 4.78 is 23.7. The molecule has 0 fully saturated rings. The van der Waals surface area contributed by atoms with Crippen molar-refractivity contribution in [3.63, 3.8) is 0 Å². The lowest BCUT2D eigenvalue weighted by atomic mass is 9.97. The maximum Gasteiger partial charge on any atom is 0.343 e. The lowest BCUT2D eigenvalue weighted by molar-refractivity contribution is -0.151. The summed E-state index contributed by atoms with van der Waals surface area (Å²) in [4.78, 5) is 23.1. The van der Waals surface area contributed by atoms with E-state index in [2.05, 4.69) is 20.7 Å². The van der Waals surface area contributed by atoms with Crippen LogP contribution in [-0.4, -0.2) is 25.0 Å². The highest BCUT2D eigenvalue weighted by molar-refractivity contribution is 9.10. The third-order valence-corrected chi connectivity index (χ3v) is 2.90. The molecule has 17 heavy (non-hydrogen) atoms. The van der Waals surface area contributed by atoms with Gasteiger partial charge in [-0.05, 0) is 17.7 Å². The molecule has 0 bridgehead atoms. The van der Waals surface area contributed by atoms with Crippen molar-refractivity contribution in [3.8, 4) is 0 Å². The minimum atomic E-state index is -1.37. The quantitative estimate of drug-likeness (QED) is 0.587. The summed E-state index contributed by atoms with van der Waals surface area (Å²) in [6.07, 6.45) is -1.37. The number of ether oxygens (including phenoxy) is 2. The van der Waals surface area contributed by atoms with Crippen LogP contribution in [-0.2, 0) is 20.9 Å². The van der Waals surface area contributed by atoms with Gasteiger partial charge >= 0.3 is 5.97 Å². The van der Waals surface area contributed by atoms with E-state index in [0.717, 1.165) is 7.11 Å². The molecule has 4 nitrogen and oxygen atoms in total. The van der Waals surface area contributed by atoms with Crippen LogP contribution < -0.4 is 0 Å². The Balaban J connectivity index is 2.45. The standard InChI is InChI=1S/C11H8BrFO4/c1-16-11(15)10-9(14)8-5(4-17-10)2-6(12)3-7(8)13/h2-3,10H,4H2,1H3. The number of halogens is 2. The molecule has 0 radical (unpaired) electrons. The average molecular weight is 303 g/mol. The second-order valence-electron chi connectivity index (χ2n) is 3.50. The highest BCUT2D eigenvalue weighted by Crippen LogP contribution is 2.27. The molecular weight excluding hydrogens is 295 g/mol. The maximum absolute atomic E-state index is 13.7. The van der Waals surface area contributed by atoms with E-state index in [1.165, 1.54) is 6.07 Å². The van der Waals surface area contributed by atoms with Crippen molar-refractivity contribution in [1.29, 1.82) is 0 Å². The lowest BCUT2D eigenvalue weighted by Crippen LogP contribution is -2.38. The Labute approximate surface area is 105 Å². The molecule has 6 heteroatoms. The summed E-state index contributed by atoms with van der Waals surface area (Å²) in [5, 5.41) is 0. The summed E-state index contributed by atoms with van der Waals surface area (Å²) in [5.74, 6) is -2.19. The van der Waals surface area contributed by atoms with Gasteiger partial charge in [0.05, 0.1) is 19.3 Å². The zero-order valence-corrected chi connectivity index (χ0v) is 10.4. The highest BCUT2D eigenvalue weighted by Gasteiger charge is 2.36. The van der Waals surface area contributed by atoms with Crippen LogP contribution in [0.5, 0.6) is 0 Å². The van der Waals surface area contributed by atoms with Gasteiger partial charge < -0.3 is 9.47 Å². The number of Topliss-reactive ketones (excluding diaryl/α,β-unsaturated/α-hetero) is 1. The van der Waals surface area contributed by atoms with Crippen molar-refractivity contribution in [2.75, 3.05) is 7.11 Å². The van der Waals surface area contributed by atoms with Crippen molar-refractivity contribution in [2.45, 2.75) is 12.7 Å². The Morgan fingerprint density at radius 1 is 1.59 bits per heavy atom. The van der Waals surface area contributed by atoms with Gasteiger partial charge in [-0.25, -0.2) is 9.18 Å². The Bertz CT molecular complexity index is 500. The molecule has 1 aromatic carbocycles. The molecule has 1 aliphatic heterocycles. The predicted molar refractivity (Wildman–Crippen MR) is 59.0 cm³/mol. The Kier molecular flexibility index (Phi) is 3.26. The Morgan fingerprint density at radius 2 is 2.29 bits per heavy atom. The van der Waals surface area contributed by atoms with Crippen molar-refractivity contribution in [2.24, 2.45) is 0 Å². The second-order valence-corrected chi connectivity index (χ2v) is 4.42. The van der Waals surface area contributed by atoms with Gasteiger partial charge in [0.25, 0.3) is 0 Å². The number of benzene rings is 1. The largest absolute Gasteiger partial charge is 0.467 e. The molecule has 0 aromatic heterocycles. The van der Waals surface area contributed by atoms with Gasteiger partial charge in [0.1, 0.15) is 5.82 Å². The molecule has 1 aromatic rings. The number of fused-ring (bicyclic) bond motifs is 1. The smallest absolute Gasteiger partial charge is 0.343 e. The van der Waals surface area contributed by atoms with Gasteiger partial charge in [-0.15, -0.1) is 0 Å². The van der Waals surface area contributed by atoms with E-state index >= 15 is 0 Å². The zero-order chi connectivity index (χ0) is 12.6. The Morgan fingerprint density at radius 3 is 2.94 bits per heavy atom. The normalized spacial score (nSPS) is 18.8. The van der Waals surface area contributed by atoms with Crippen LogP contribution in [0.2, 0.25) is 0 Å². The fraction of sp³-hybridized carbons (Fsp3) is 0.273. The van der Waals surface area contributed by atoms with Crippen molar-refractivity contribution in [3.05, 3.63) is 33.5 Å². The third-order valence-electron chi connectivity index (χ3n) is 2.44. The van der Waals surface area contributed by atoms with Crippen LogP contribution >= 0.6 is 15.9 Å². The molecular formula is C11H8BrFO4. The fourth-order valence-electron chi connectivity index (χ4n) is 1.68. The summed E-state index contributed by atoms with van der Waals surface area (Å²) in [6.45, 7) is -0.00278. The van der Waals surface area contributed by atoms with E-state index in [9.17, 15) is 14.0 Å². The maximum atomic E-state index is 13.7. The SMILES string of the molecule is COC(=O)C1OCc2cc(Br)cc(F)c2C1=O. The molecule has 1 heterocycles. The van der Waals surface area contributed by atoms with Gasteiger partial charge in [0, 0.05) is 4.47 Å². The first-order chi connectivity index (χ1) is 8.04. The number of hydrogen-bond donors (Lipinski definition) is 0. The van der Waals surface area contributed by atoms with Crippen molar-refractivity contribution in [1.82, 2.24) is 0 Å². The molecule has 90 valence electrons. The fourth-order valence-corrected chi connectivity index (χ4v) is 2.16. The number of rotatable bonds is 1. The van der Waals surface area contributed by atoms with Crippen LogP contribution in [0.15, 0.2) is 16.6 Å². The van der Waals surface area contributed by atoms with Crippen LogP contribution in [0.4, 0.5) is 4.39 Å². The summed E-state index contributed by atoms with van der Waals surface area (Å²) >= 11 is 3.12. The summed E-state index contributed by atoms with van der Waals surface area (Å²) in [6, 6.07) is 2.76. The molecule has 1 atom stereocenters. The second kappa shape index (κ2) is 4.54. The monoisotopic (exact) mass is 302 g/mol. The summed E-state index contributed by atoms with van der Waals surface area (Å²) in [7, 11) is 1.15. The first kappa shape index (κ1) is 12.2. The number of hydrogen-bond acceptors (Lipinski definition) is 4. The predicted octanol–water partition coefficient (Wildman–Crippen LogP) is 1.84. The van der Waals surface area contributed by atoms with E-state index in [4.69, 9.17) is 4.74 Å². The number of esters is 1. The van der Waals surface area contributed by atoms with Crippen molar-refractivity contribution < 1.29 is 23.5 Å². The molecule has 0 amide bonds. The molecule has 0 spiro atoms. The minimum absolute atomic E-state index is 0.00278. The van der Waals surface area contributed by atoms with Crippen LogP contribution in [0.3, 0.4) is 0 Å². The molecule has 0 N–H and O–H groups in total. The lowest BCUT2D eigenvalue weighted by Gasteiger charge is -2.22. The van der Waals surface area contributed by atoms with Gasteiger partial charge in [-0.1, -0.05) is 15.9 Å². The number of carbonyl (C=O) groups is 2. The average Bonchev–Trinajstić information content (AvgIpc) is 2.27. The first-order valence-electron chi connectivity index (χ1n) is 4.76. The zero-order valence-electron chi connectivity index (χ0n) is 8.83. The number of ketones is 1. The van der Waals surface area contributed by atoms with Crippen molar-refractivity contribution >= 4 is 27.7 Å². The molecule has 1 aliphatic rings. The first-order valence-corrected chi connectivity index (χ1v) is 5.55. The van der Waals surface area contributed by atoms with E-state index in [-0.39, 0.29) is 12.2 Å². The van der Waals surface area contributed by atoms with Gasteiger partial charge in [0.15, 0.2) is 0 Å². The highest BCUT2D eigenvalue weighted by atomic mass is 79.9. The van der Waals surface area contributed by atoms with E-state index < -0.39 is 23.7 Å². The number of carbonyl (C=O) groups excluding carboxylic acids is 2. The summed E-state index contributed by atoms with van der Waals surface area (Å²) in [5.41, 5.74) is 0.317. The Hall–Kier alpha value is -1.27. The van der Waals surface area contributed by atoms with Crippen LogP contribution in [0, 0.1) is 5.82 Å². The van der Waals surface area contributed by atoms with E-state index in [1.54, 1.807) is 6.07 Å². The van der Waals surface area contributed by atoms with Gasteiger partial charge in [0.2, 0.25) is 11.9 Å². The van der Waals surface area contributed by atoms with Gasteiger partial charge in [-0.2, -0.15) is 0 Å². The molecule has 0 saturated heterocycles. The molecule has 1 unspecified atom stereocenters. The van der Waals surface area contributed by atoms with Crippen LogP contribution in [0.25, 0.3) is 0 Å². The van der Waals surface area contributed by atoms with E-state index in [0.29, 0.717) is 10.0 Å². The molecule has 2 rings (SSSR count). The number of methoxy groups -OCH3 is 1. The topological polar surface area (TPSA) is 52.6 Å². The minimum Gasteiger partial charge on any atom is -0.467 e.